The lowest BCUT2D eigenvalue weighted by molar-refractivity contribution is 0.636. The summed E-state index contributed by atoms with van der Waals surface area (Å²) in [5.41, 5.74) is 12.7. The number of nitrogens with zero attached hydrogens (tertiary/aromatic N) is 3. The quantitative estimate of drug-likeness (QED) is 0.202. The smallest absolute Gasteiger partial charge is 0.160 e. The maximum atomic E-state index is 6.32. The van der Waals surface area contributed by atoms with Crippen LogP contribution in [0.1, 0.15) is 25.1 Å². The van der Waals surface area contributed by atoms with Gasteiger partial charge < -0.3 is 8.98 Å². The van der Waals surface area contributed by atoms with Crippen molar-refractivity contribution in [2.45, 2.75) is 19.3 Å². The predicted molar refractivity (Wildman–Crippen MR) is 192 cm³/mol. The molecule has 47 heavy (non-hydrogen) atoms. The molecule has 3 heterocycles. The van der Waals surface area contributed by atoms with E-state index in [9.17, 15) is 0 Å². The molecule has 1 aliphatic rings. The molecule has 0 aliphatic heterocycles. The van der Waals surface area contributed by atoms with Crippen molar-refractivity contribution in [3.63, 3.8) is 0 Å². The molecule has 0 saturated heterocycles. The van der Waals surface area contributed by atoms with Gasteiger partial charge in [0.15, 0.2) is 5.82 Å². The van der Waals surface area contributed by atoms with Gasteiger partial charge in [0.1, 0.15) is 11.2 Å². The van der Waals surface area contributed by atoms with Crippen LogP contribution in [0.3, 0.4) is 0 Å². The summed E-state index contributed by atoms with van der Waals surface area (Å²) in [5, 5.41) is 4.70. The van der Waals surface area contributed by atoms with E-state index in [1.165, 1.54) is 21.9 Å². The predicted octanol–water partition coefficient (Wildman–Crippen LogP) is 11.1. The Kier molecular flexibility index (Phi) is 5.31. The summed E-state index contributed by atoms with van der Waals surface area (Å²) in [6.45, 7) is 4.54. The van der Waals surface area contributed by atoms with Crippen LogP contribution in [0, 0.1) is 0 Å². The number of furan rings is 1. The molecule has 4 heteroatoms. The van der Waals surface area contributed by atoms with Gasteiger partial charge >= 0.3 is 0 Å². The third-order valence-corrected chi connectivity index (χ3v) is 9.97. The summed E-state index contributed by atoms with van der Waals surface area (Å²) < 4.78 is 8.65. The maximum absolute atomic E-state index is 6.32. The fraction of sp³-hybridized carbons (Fsp3) is 0.0698. The normalized spacial score (nSPS) is 13.5. The minimum absolute atomic E-state index is 0.238. The van der Waals surface area contributed by atoms with Crippen molar-refractivity contribution < 1.29 is 4.42 Å². The Morgan fingerprint density at radius 2 is 1.28 bits per heavy atom. The zero-order chi connectivity index (χ0) is 31.3. The second-order valence-corrected chi connectivity index (χ2v) is 13.0. The number of hydrogen-bond acceptors (Lipinski definition) is 3. The lowest BCUT2D eigenvalue weighted by Crippen LogP contribution is -2.17. The molecule has 0 amide bonds. The van der Waals surface area contributed by atoms with E-state index in [-0.39, 0.29) is 5.41 Å². The standard InChI is InChI=1S/C43H29N3O/c1-43(2)34-17-9-6-16-31(34)39-40(26-12-4-3-5-13-26)44-42(45-41(39)43)27-20-22-28(23-21-27)46-35-18-10-7-14-29(35)32-24-33-30-15-8-11-19-37(30)47-38(33)25-36(32)46/h3-25H,1-2H3. The molecule has 6 aromatic carbocycles. The van der Waals surface area contributed by atoms with Crippen molar-refractivity contribution >= 4 is 43.7 Å². The summed E-state index contributed by atoms with van der Waals surface area (Å²) in [6.07, 6.45) is 0. The first-order chi connectivity index (χ1) is 23.1. The Morgan fingerprint density at radius 1 is 0.553 bits per heavy atom. The molecule has 4 nitrogen and oxygen atoms in total. The first-order valence-corrected chi connectivity index (χ1v) is 16.1. The molecular formula is C43H29N3O. The monoisotopic (exact) mass is 603 g/mol. The van der Waals surface area contributed by atoms with Gasteiger partial charge in [-0.2, -0.15) is 0 Å². The molecule has 9 aromatic rings. The van der Waals surface area contributed by atoms with Crippen molar-refractivity contribution in [3.8, 4) is 39.5 Å². The van der Waals surface area contributed by atoms with Crippen LogP contribution >= 0.6 is 0 Å². The number of hydrogen-bond donors (Lipinski definition) is 0. The van der Waals surface area contributed by atoms with Crippen LogP contribution in [0.5, 0.6) is 0 Å². The molecule has 222 valence electrons. The molecular weight excluding hydrogens is 574 g/mol. The van der Waals surface area contributed by atoms with Gasteiger partial charge in [-0.15, -0.1) is 0 Å². The van der Waals surface area contributed by atoms with Crippen LogP contribution in [0.2, 0.25) is 0 Å². The van der Waals surface area contributed by atoms with Crippen molar-refractivity contribution in [1.82, 2.24) is 14.5 Å². The zero-order valence-electron chi connectivity index (χ0n) is 26.0. The Morgan fingerprint density at radius 3 is 2.13 bits per heavy atom. The van der Waals surface area contributed by atoms with Gasteiger partial charge in [-0.05, 0) is 53.6 Å². The van der Waals surface area contributed by atoms with Crippen LogP contribution in [-0.2, 0) is 5.41 Å². The highest BCUT2D eigenvalue weighted by Crippen LogP contribution is 2.51. The zero-order valence-corrected chi connectivity index (χ0v) is 26.0. The third kappa shape index (κ3) is 3.70. The minimum Gasteiger partial charge on any atom is -0.456 e. The van der Waals surface area contributed by atoms with E-state index in [2.05, 4.69) is 146 Å². The SMILES string of the molecule is CC1(C)c2ccccc2-c2c(-c3ccccc3)nc(-c3ccc(-n4c5ccccc5c5cc6c(cc54)oc4ccccc46)cc3)nc21. The van der Waals surface area contributed by atoms with Crippen LogP contribution in [0.4, 0.5) is 0 Å². The Labute approximate surface area is 271 Å². The maximum Gasteiger partial charge on any atom is 0.160 e. The van der Waals surface area contributed by atoms with E-state index in [1.54, 1.807) is 0 Å². The second-order valence-electron chi connectivity index (χ2n) is 13.0. The van der Waals surface area contributed by atoms with Crippen molar-refractivity contribution in [3.05, 3.63) is 151 Å². The van der Waals surface area contributed by atoms with E-state index in [0.717, 1.165) is 72.6 Å². The molecule has 0 fully saturated rings. The molecule has 0 saturated carbocycles. The Hall–Kier alpha value is -6.00. The average Bonchev–Trinajstić information content (AvgIpc) is 3.72. The molecule has 10 rings (SSSR count). The summed E-state index contributed by atoms with van der Waals surface area (Å²) in [7, 11) is 0. The highest BCUT2D eigenvalue weighted by atomic mass is 16.3. The van der Waals surface area contributed by atoms with Crippen LogP contribution in [-0.4, -0.2) is 14.5 Å². The van der Waals surface area contributed by atoms with Gasteiger partial charge in [-0.1, -0.05) is 105 Å². The van der Waals surface area contributed by atoms with E-state index in [0.29, 0.717) is 0 Å². The molecule has 0 atom stereocenters. The van der Waals surface area contributed by atoms with Crippen LogP contribution in [0.25, 0.3) is 83.2 Å². The van der Waals surface area contributed by atoms with Crippen molar-refractivity contribution in [2.24, 2.45) is 0 Å². The van der Waals surface area contributed by atoms with Crippen LogP contribution in [0.15, 0.2) is 144 Å². The molecule has 0 bridgehead atoms. The number of aromatic nitrogens is 3. The Bertz CT molecular complexity index is 2700. The van der Waals surface area contributed by atoms with Gasteiger partial charge in [0.05, 0.1) is 22.4 Å². The third-order valence-electron chi connectivity index (χ3n) is 9.97. The first kappa shape index (κ1) is 26.2. The van der Waals surface area contributed by atoms with E-state index in [1.807, 2.05) is 12.1 Å². The molecule has 0 N–H and O–H groups in total. The minimum atomic E-state index is -0.238. The first-order valence-electron chi connectivity index (χ1n) is 16.1. The summed E-state index contributed by atoms with van der Waals surface area (Å²) in [4.78, 5) is 10.6. The molecule has 1 aliphatic carbocycles. The molecule has 0 unspecified atom stereocenters. The fourth-order valence-electron chi connectivity index (χ4n) is 7.70. The van der Waals surface area contributed by atoms with Gasteiger partial charge in [-0.25, -0.2) is 9.97 Å². The number of para-hydroxylation sites is 2. The lowest BCUT2D eigenvalue weighted by Gasteiger charge is -2.21. The number of fused-ring (bicyclic) bond motifs is 9. The fourth-order valence-corrected chi connectivity index (χ4v) is 7.70. The molecule has 3 aromatic heterocycles. The van der Waals surface area contributed by atoms with Crippen molar-refractivity contribution in [1.29, 1.82) is 0 Å². The van der Waals surface area contributed by atoms with Crippen LogP contribution < -0.4 is 0 Å². The largest absolute Gasteiger partial charge is 0.456 e. The summed E-state index contributed by atoms with van der Waals surface area (Å²) in [5.74, 6) is 0.737. The highest BCUT2D eigenvalue weighted by Gasteiger charge is 2.39. The van der Waals surface area contributed by atoms with Gasteiger partial charge in [-0.3, -0.25) is 0 Å². The lowest BCUT2D eigenvalue weighted by atomic mass is 9.85. The summed E-state index contributed by atoms with van der Waals surface area (Å²) >= 11 is 0. The van der Waals surface area contributed by atoms with Gasteiger partial charge in [0.25, 0.3) is 0 Å². The van der Waals surface area contributed by atoms with Crippen molar-refractivity contribution in [2.75, 3.05) is 0 Å². The van der Waals surface area contributed by atoms with Gasteiger partial charge in [0.2, 0.25) is 0 Å². The highest BCUT2D eigenvalue weighted by molar-refractivity contribution is 6.17. The topological polar surface area (TPSA) is 43.9 Å². The number of benzene rings is 6. The molecule has 0 spiro atoms. The van der Waals surface area contributed by atoms with E-state index in [4.69, 9.17) is 14.4 Å². The Balaban J connectivity index is 1.16. The van der Waals surface area contributed by atoms with E-state index >= 15 is 0 Å². The average molecular weight is 604 g/mol. The van der Waals surface area contributed by atoms with Gasteiger partial charge in [0, 0.05) is 55.4 Å². The van der Waals surface area contributed by atoms with E-state index < -0.39 is 0 Å². The molecule has 0 radical (unpaired) electrons. The summed E-state index contributed by atoms with van der Waals surface area (Å²) in [6, 6.07) is 49.2. The number of rotatable bonds is 3. The second kappa shape index (κ2) is 9.51.